The fourth-order valence-electron chi connectivity index (χ4n) is 2.20. The Morgan fingerprint density at radius 3 is 2.68 bits per heavy atom. The third-order valence-electron chi connectivity index (χ3n) is 3.43. The fraction of sp³-hybridized carbons (Fsp3) is 0.533. The molecule has 1 unspecified atom stereocenters. The number of carbonyl (C=O) groups is 1. The van der Waals surface area contributed by atoms with Crippen molar-refractivity contribution < 1.29 is 9.90 Å². The fourth-order valence-corrected chi connectivity index (χ4v) is 2.20. The summed E-state index contributed by atoms with van der Waals surface area (Å²) < 4.78 is 0. The molecule has 0 heterocycles. The van der Waals surface area contributed by atoms with Crippen molar-refractivity contribution in [3.8, 4) is 0 Å². The lowest BCUT2D eigenvalue weighted by Crippen LogP contribution is -2.44. The SMILES string of the molecule is O=C(NCCCO)NC(Cc1ccccc1)C1CC1. The van der Waals surface area contributed by atoms with Gasteiger partial charge in [-0.2, -0.15) is 0 Å². The van der Waals surface area contributed by atoms with Crippen LogP contribution in [-0.2, 0) is 6.42 Å². The van der Waals surface area contributed by atoms with E-state index in [-0.39, 0.29) is 18.7 Å². The van der Waals surface area contributed by atoms with Crippen molar-refractivity contribution in [1.29, 1.82) is 0 Å². The van der Waals surface area contributed by atoms with E-state index in [1.807, 2.05) is 18.2 Å². The number of nitrogens with one attached hydrogen (secondary N) is 2. The van der Waals surface area contributed by atoms with Crippen LogP contribution in [0, 0.1) is 5.92 Å². The number of aliphatic hydroxyl groups is 1. The van der Waals surface area contributed by atoms with Gasteiger partial charge in [0.05, 0.1) is 0 Å². The second-order valence-corrected chi connectivity index (χ2v) is 5.11. The van der Waals surface area contributed by atoms with Crippen LogP contribution in [0.5, 0.6) is 0 Å². The maximum Gasteiger partial charge on any atom is 0.315 e. The number of urea groups is 1. The average Bonchev–Trinajstić information content (AvgIpc) is 3.24. The van der Waals surface area contributed by atoms with Gasteiger partial charge in [0.2, 0.25) is 0 Å². The van der Waals surface area contributed by atoms with Crippen molar-refractivity contribution in [2.45, 2.75) is 31.7 Å². The lowest BCUT2D eigenvalue weighted by atomic mass is 10.0. The van der Waals surface area contributed by atoms with Crippen LogP contribution >= 0.6 is 0 Å². The molecule has 1 fully saturated rings. The summed E-state index contributed by atoms with van der Waals surface area (Å²) >= 11 is 0. The van der Waals surface area contributed by atoms with Gasteiger partial charge < -0.3 is 15.7 Å². The minimum absolute atomic E-state index is 0.107. The van der Waals surface area contributed by atoms with Crippen LogP contribution in [0.25, 0.3) is 0 Å². The van der Waals surface area contributed by atoms with E-state index in [0.717, 1.165) is 6.42 Å². The normalized spacial score (nSPS) is 15.8. The molecule has 0 spiro atoms. The Morgan fingerprint density at radius 2 is 2.05 bits per heavy atom. The molecule has 0 radical (unpaired) electrons. The quantitative estimate of drug-likeness (QED) is 0.655. The first kappa shape index (κ1) is 13.9. The Hall–Kier alpha value is -1.55. The smallest absolute Gasteiger partial charge is 0.315 e. The van der Waals surface area contributed by atoms with E-state index in [2.05, 4.69) is 22.8 Å². The second kappa shape index (κ2) is 7.14. The van der Waals surface area contributed by atoms with E-state index in [1.54, 1.807) is 0 Å². The molecule has 4 heteroatoms. The van der Waals surface area contributed by atoms with E-state index in [1.165, 1.54) is 18.4 Å². The van der Waals surface area contributed by atoms with Crippen LogP contribution in [0.3, 0.4) is 0 Å². The third kappa shape index (κ3) is 4.91. The van der Waals surface area contributed by atoms with Crippen LogP contribution in [-0.4, -0.2) is 30.3 Å². The van der Waals surface area contributed by atoms with Crippen molar-refractivity contribution >= 4 is 6.03 Å². The zero-order valence-electron chi connectivity index (χ0n) is 11.1. The van der Waals surface area contributed by atoms with Gasteiger partial charge in [-0.1, -0.05) is 30.3 Å². The molecule has 0 bridgehead atoms. The van der Waals surface area contributed by atoms with Crippen LogP contribution in [0.15, 0.2) is 30.3 Å². The van der Waals surface area contributed by atoms with Gasteiger partial charge >= 0.3 is 6.03 Å². The summed E-state index contributed by atoms with van der Waals surface area (Å²) in [5.74, 6) is 0.615. The molecular formula is C15H22N2O2. The molecule has 2 amide bonds. The first-order valence-electron chi connectivity index (χ1n) is 6.98. The molecule has 0 saturated heterocycles. The van der Waals surface area contributed by atoms with Gasteiger partial charge in [0.15, 0.2) is 0 Å². The lowest BCUT2D eigenvalue weighted by molar-refractivity contribution is 0.232. The summed E-state index contributed by atoms with van der Waals surface area (Å²) in [6, 6.07) is 10.4. The van der Waals surface area contributed by atoms with E-state index < -0.39 is 0 Å². The standard InChI is InChI=1S/C15H22N2O2/c18-10-4-9-16-15(19)17-14(13-7-8-13)11-12-5-2-1-3-6-12/h1-3,5-6,13-14,18H,4,7-11H2,(H2,16,17,19). The van der Waals surface area contributed by atoms with E-state index in [0.29, 0.717) is 18.9 Å². The van der Waals surface area contributed by atoms with Gasteiger partial charge in [0.25, 0.3) is 0 Å². The number of benzene rings is 1. The lowest BCUT2D eigenvalue weighted by Gasteiger charge is -2.18. The molecule has 0 aliphatic heterocycles. The van der Waals surface area contributed by atoms with E-state index in [9.17, 15) is 4.79 Å². The molecule has 1 aliphatic rings. The van der Waals surface area contributed by atoms with Gasteiger partial charge in [0, 0.05) is 19.2 Å². The van der Waals surface area contributed by atoms with Crippen molar-refractivity contribution in [2.75, 3.05) is 13.2 Å². The molecule has 1 saturated carbocycles. The highest BCUT2D eigenvalue weighted by Gasteiger charge is 2.32. The van der Waals surface area contributed by atoms with Gasteiger partial charge in [0.1, 0.15) is 0 Å². The maximum absolute atomic E-state index is 11.7. The largest absolute Gasteiger partial charge is 0.396 e. The average molecular weight is 262 g/mol. The highest BCUT2D eigenvalue weighted by molar-refractivity contribution is 5.74. The number of aliphatic hydroxyl groups excluding tert-OH is 1. The molecule has 1 aliphatic carbocycles. The maximum atomic E-state index is 11.7. The first-order chi connectivity index (χ1) is 9.29. The van der Waals surface area contributed by atoms with Crippen molar-refractivity contribution in [3.05, 3.63) is 35.9 Å². The van der Waals surface area contributed by atoms with Crippen molar-refractivity contribution in [3.63, 3.8) is 0 Å². The molecule has 4 nitrogen and oxygen atoms in total. The Balaban J connectivity index is 1.81. The van der Waals surface area contributed by atoms with Gasteiger partial charge in [-0.05, 0) is 37.2 Å². The van der Waals surface area contributed by atoms with Gasteiger partial charge in [-0.3, -0.25) is 0 Å². The molecule has 2 rings (SSSR count). The van der Waals surface area contributed by atoms with Crippen LogP contribution in [0.2, 0.25) is 0 Å². The van der Waals surface area contributed by atoms with Crippen molar-refractivity contribution in [1.82, 2.24) is 10.6 Å². The number of carbonyl (C=O) groups excluding carboxylic acids is 1. The summed E-state index contributed by atoms with van der Waals surface area (Å²) in [6.07, 6.45) is 3.89. The molecule has 3 N–H and O–H groups in total. The highest BCUT2D eigenvalue weighted by Crippen LogP contribution is 2.34. The minimum Gasteiger partial charge on any atom is -0.396 e. The zero-order chi connectivity index (χ0) is 13.5. The molecule has 1 atom stereocenters. The topological polar surface area (TPSA) is 61.4 Å². The molecular weight excluding hydrogens is 240 g/mol. The van der Waals surface area contributed by atoms with Gasteiger partial charge in [-0.25, -0.2) is 4.79 Å². The Labute approximate surface area is 114 Å². The molecule has 1 aromatic carbocycles. The minimum atomic E-state index is -0.124. The predicted octanol–water partition coefficient (Wildman–Crippen LogP) is 1.69. The van der Waals surface area contributed by atoms with Crippen LogP contribution in [0.4, 0.5) is 4.79 Å². The summed E-state index contributed by atoms with van der Waals surface area (Å²) in [6.45, 7) is 0.626. The summed E-state index contributed by atoms with van der Waals surface area (Å²) in [4.78, 5) is 11.7. The Kier molecular flexibility index (Phi) is 5.21. The van der Waals surface area contributed by atoms with Crippen LogP contribution in [0.1, 0.15) is 24.8 Å². The second-order valence-electron chi connectivity index (χ2n) is 5.11. The molecule has 1 aromatic rings. The highest BCUT2D eigenvalue weighted by atomic mass is 16.3. The summed E-state index contributed by atoms with van der Waals surface area (Å²) in [5, 5.41) is 14.5. The zero-order valence-corrected chi connectivity index (χ0v) is 11.1. The Morgan fingerprint density at radius 1 is 1.32 bits per heavy atom. The third-order valence-corrected chi connectivity index (χ3v) is 3.43. The Bertz CT molecular complexity index is 390. The molecule has 0 aromatic heterocycles. The van der Waals surface area contributed by atoms with E-state index >= 15 is 0 Å². The number of hydrogen-bond acceptors (Lipinski definition) is 2. The van der Waals surface area contributed by atoms with Crippen molar-refractivity contribution in [2.24, 2.45) is 5.92 Å². The monoisotopic (exact) mass is 262 g/mol. The van der Waals surface area contributed by atoms with Crippen LogP contribution < -0.4 is 10.6 Å². The summed E-state index contributed by atoms with van der Waals surface area (Å²) in [5.41, 5.74) is 1.26. The number of rotatable bonds is 7. The number of hydrogen-bond donors (Lipinski definition) is 3. The first-order valence-corrected chi connectivity index (χ1v) is 6.98. The van der Waals surface area contributed by atoms with E-state index in [4.69, 9.17) is 5.11 Å². The molecule has 104 valence electrons. The molecule has 19 heavy (non-hydrogen) atoms. The number of amides is 2. The van der Waals surface area contributed by atoms with Gasteiger partial charge in [-0.15, -0.1) is 0 Å². The predicted molar refractivity (Wildman–Crippen MR) is 74.9 cm³/mol. The summed E-state index contributed by atoms with van der Waals surface area (Å²) in [7, 11) is 0.